The number of rotatable bonds is 10. The molecule has 0 aliphatic rings. The van der Waals surface area contributed by atoms with Crippen molar-refractivity contribution in [3.63, 3.8) is 0 Å². The minimum atomic E-state index is -0.00226. The SMILES string of the molecule is C=CCn1c(COc2cccc(C)c2)nnc1SCC(=O)NCCC. The van der Waals surface area contributed by atoms with Crippen LogP contribution in [0.4, 0.5) is 0 Å². The van der Waals surface area contributed by atoms with Crippen LogP contribution in [0.5, 0.6) is 5.75 Å². The number of amides is 1. The van der Waals surface area contributed by atoms with E-state index < -0.39 is 0 Å². The predicted molar refractivity (Wildman–Crippen MR) is 99.8 cm³/mol. The van der Waals surface area contributed by atoms with Crippen molar-refractivity contribution in [3.05, 3.63) is 48.3 Å². The summed E-state index contributed by atoms with van der Waals surface area (Å²) in [5.74, 6) is 1.81. The summed E-state index contributed by atoms with van der Waals surface area (Å²) >= 11 is 1.36. The van der Waals surface area contributed by atoms with Crippen molar-refractivity contribution in [2.45, 2.75) is 38.6 Å². The van der Waals surface area contributed by atoms with Crippen molar-refractivity contribution in [2.75, 3.05) is 12.3 Å². The third-order valence-electron chi connectivity index (χ3n) is 3.37. The second-order valence-electron chi connectivity index (χ2n) is 5.54. The Kier molecular flexibility index (Phi) is 7.53. The first-order chi connectivity index (χ1) is 12.1. The maximum atomic E-state index is 11.8. The van der Waals surface area contributed by atoms with Crippen LogP contribution in [0.1, 0.15) is 24.7 Å². The molecule has 25 heavy (non-hydrogen) atoms. The number of carbonyl (C=O) groups is 1. The number of nitrogens with one attached hydrogen (secondary N) is 1. The molecule has 0 saturated heterocycles. The van der Waals surface area contributed by atoms with E-state index in [-0.39, 0.29) is 5.91 Å². The maximum absolute atomic E-state index is 11.8. The summed E-state index contributed by atoms with van der Waals surface area (Å²) in [5, 5.41) is 11.9. The van der Waals surface area contributed by atoms with Crippen molar-refractivity contribution in [1.29, 1.82) is 0 Å². The van der Waals surface area contributed by atoms with Crippen LogP contribution in [0.2, 0.25) is 0 Å². The van der Waals surface area contributed by atoms with Crippen molar-refractivity contribution in [2.24, 2.45) is 0 Å². The first-order valence-corrected chi connectivity index (χ1v) is 9.24. The molecule has 1 aromatic carbocycles. The Bertz CT molecular complexity index is 715. The van der Waals surface area contributed by atoms with Gasteiger partial charge in [-0.1, -0.05) is 36.9 Å². The van der Waals surface area contributed by atoms with Crippen LogP contribution < -0.4 is 10.1 Å². The van der Waals surface area contributed by atoms with Gasteiger partial charge in [0, 0.05) is 13.1 Å². The highest BCUT2D eigenvalue weighted by molar-refractivity contribution is 7.99. The number of allylic oxidation sites excluding steroid dienone is 1. The topological polar surface area (TPSA) is 69.0 Å². The highest BCUT2D eigenvalue weighted by atomic mass is 32.2. The number of nitrogens with zero attached hydrogens (tertiary/aromatic N) is 3. The first-order valence-electron chi connectivity index (χ1n) is 8.26. The van der Waals surface area contributed by atoms with E-state index in [0.717, 1.165) is 17.7 Å². The molecule has 1 amide bonds. The zero-order valence-electron chi connectivity index (χ0n) is 14.7. The minimum absolute atomic E-state index is 0.00226. The highest BCUT2D eigenvalue weighted by Crippen LogP contribution is 2.19. The molecule has 0 spiro atoms. The molecule has 0 radical (unpaired) electrons. The molecule has 7 heteroatoms. The Hall–Kier alpha value is -2.28. The van der Waals surface area contributed by atoms with Crippen LogP contribution in [0.15, 0.2) is 42.1 Å². The van der Waals surface area contributed by atoms with Gasteiger partial charge in [0.1, 0.15) is 12.4 Å². The fourth-order valence-electron chi connectivity index (χ4n) is 2.14. The van der Waals surface area contributed by atoms with E-state index in [1.165, 1.54) is 11.8 Å². The first kappa shape index (κ1) is 19.1. The van der Waals surface area contributed by atoms with Gasteiger partial charge in [-0.25, -0.2) is 0 Å². The van der Waals surface area contributed by atoms with Crippen LogP contribution in [-0.2, 0) is 17.9 Å². The summed E-state index contributed by atoms with van der Waals surface area (Å²) in [4.78, 5) is 11.8. The molecule has 0 aliphatic carbocycles. The van der Waals surface area contributed by atoms with Crippen LogP contribution in [-0.4, -0.2) is 33.0 Å². The average Bonchev–Trinajstić information content (AvgIpc) is 2.98. The highest BCUT2D eigenvalue weighted by Gasteiger charge is 2.14. The van der Waals surface area contributed by atoms with Crippen molar-refractivity contribution < 1.29 is 9.53 Å². The normalized spacial score (nSPS) is 10.5. The molecule has 0 unspecified atom stereocenters. The number of aromatic nitrogens is 3. The number of carbonyl (C=O) groups excluding carboxylic acids is 1. The van der Waals surface area contributed by atoms with Gasteiger partial charge in [0.25, 0.3) is 0 Å². The van der Waals surface area contributed by atoms with E-state index in [1.54, 1.807) is 6.08 Å². The smallest absolute Gasteiger partial charge is 0.230 e. The summed E-state index contributed by atoms with van der Waals surface area (Å²) in [5.41, 5.74) is 1.14. The Morgan fingerprint density at radius 1 is 1.44 bits per heavy atom. The second kappa shape index (κ2) is 9.88. The predicted octanol–water partition coefficient (Wildman–Crippen LogP) is 2.97. The number of ether oxygens (including phenoxy) is 1. The lowest BCUT2D eigenvalue weighted by Gasteiger charge is -2.09. The number of benzene rings is 1. The van der Waals surface area contributed by atoms with E-state index >= 15 is 0 Å². The van der Waals surface area contributed by atoms with Crippen molar-refractivity contribution in [3.8, 4) is 5.75 Å². The molecular weight excluding hydrogens is 336 g/mol. The monoisotopic (exact) mass is 360 g/mol. The lowest BCUT2D eigenvalue weighted by molar-refractivity contribution is -0.118. The van der Waals surface area contributed by atoms with Gasteiger partial charge in [-0.15, -0.1) is 16.8 Å². The molecule has 0 atom stereocenters. The fourth-order valence-corrected chi connectivity index (χ4v) is 2.94. The molecule has 1 N–H and O–H groups in total. The van der Waals surface area contributed by atoms with Crippen molar-refractivity contribution in [1.82, 2.24) is 20.1 Å². The van der Waals surface area contributed by atoms with Crippen LogP contribution in [0.25, 0.3) is 0 Å². The zero-order valence-corrected chi connectivity index (χ0v) is 15.5. The quantitative estimate of drug-likeness (QED) is 0.521. The molecule has 134 valence electrons. The van der Waals surface area contributed by atoms with Crippen LogP contribution in [0.3, 0.4) is 0 Å². The largest absolute Gasteiger partial charge is 0.486 e. The second-order valence-corrected chi connectivity index (χ2v) is 6.48. The Balaban J connectivity index is 2.00. The standard InChI is InChI=1S/C18H24N4O2S/c1-4-9-19-17(23)13-25-18-21-20-16(22(18)10-5-2)12-24-15-8-6-7-14(3)11-15/h5-8,11H,2,4,9-10,12-13H2,1,3H3,(H,19,23). The Morgan fingerprint density at radius 3 is 3.00 bits per heavy atom. The molecule has 0 aliphatic heterocycles. The minimum Gasteiger partial charge on any atom is -0.486 e. The van der Waals surface area contributed by atoms with Gasteiger partial charge in [0.2, 0.25) is 5.91 Å². The summed E-state index contributed by atoms with van der Waals surface area (Å²) in [6.45, 7) is 9.39. The summed E-state index contributed by atoms with van der Waals surface area (Å²) in [6, 6.07) is 7.86. The van der Waals surface area contributed by atoms with E-state index in [4.69, 9.17) is 4.74 Å². The molecule has 0 saturated carbocycles. The summed E-state index contributed by atoms with van der Waals surface area (Å²) in [6.07, 6.45) is 2.70. The Labute approximate surface area is 152 Å². The molecule has 1 aromatic heterocycles. The molecule has 0 bridgehead atoms. The molecule has 2 rings (SSSR count). The van der Waals surface area contributed by atoms with Crippen LogP contribution in [0, 0.1) is 6.92 Å². The van der Waals surface area contributed by atoms with Gasteiger partial charge in [0.05, 0.1) is 5.75 Å². The van der Waals surface area contributed by atoms with Gasteiger partial charge in [-0.2, -0.15) is 0 Å². The van der Waals surface area contributed by atoms with Gasteiger partial charge in [0.15, 0.2) is 11.0 Å². The molecule has 0 fully saturated rings. The third-order valence-corrected chi connectivity index (χ3v) is 4.33. The lowest BCUT2D eigenvalue weighted by atomic mass is 10.2. The summed E-state index contributed by atoms with van der Waals surface area (Å²) in [7, 11) is 0. The van der Waals surface area contributed by atoms with Gasteiger partial charge >= 0.3 is 0 Å². The fraction of sp³-hybridized carbons (Fsp3) is 0.389. The third kappa shape index (κ3) is 5.94. The van der Waals surface area contributed by atoms with Gasteiger partial charge < -0.3 is 10.1 Å². The number of thioether (sulfide) groups is 1. The maximum Gasteiger partial charge on any atom is 0.230 e. The molecule has 6 nitrogen and oxygen atoms in total. The Morgan fingerprint density at radius 2 is 2.28 bits per heavy atom. The van der Waals surface area contributed by atoms with Gasteiger partial charge in [-0.05, 0) is 31.0 Å². The molecule has 2 aromatic rings. The van der Waals surface area contributed by atoms with Crippen LogP contribution >= 0.6 is 11.8 Å². The number of hydrogen-bond donors (Lipinski definition) is 1. The zero-order chi connectivity index (χ0) is 18.1. The van der Waals surface area contributed by atoms with E-state index in [2.05, 4.69) is 22.1 Å². The summed E-state index contributed by atoms with van der Waals surface area (Å²) < 4.78 is 7.72. The van der Waals surface area contributed by atoms with Crippen molar-refractivity contribution >= 4 is 17.7 Å². The molecule has 1 heterocycles. The van der Waals surface area contributed by atoms with E-state index in [0.29, 0.717) is 36.4 Å². The van der Waals surface area contributed by atoms with Gasteiger partial charge in [-0.3, -0.25) is 9.36 Å². The van der Waals surface area contributed by atoms with E-state index in [9.17, 15) is 4.79 Å². The molecular formula is C18H24N4O2S. The lowest BCUT2D eigenvalue weighted by Crippen LogP contribution is -2.25. The number of aryl methyl sites for hydroxylation is 1. The number of hydrogen-bond acceptors (Lipinski definition) is 5. The average molecular weight is 360 g/mol. The van der Waals surface area contributed by atoms with E-state index in [1.807, 2.05) is 42.7 Å².